The first-order valence-corrected chi connectivity index (χ1v) is 7.52. The molecular formula is C18H17NO3. The van der Waals surface area contributed by atoms with Gasteiger partial charge in [0.15, 0.2) is 11.5 Å². The Bertz CT molecular complexity index is 741. The van der Waals surface area contributed by atoms with Gasteiger partial charge < -0.3 is 14.4 Å². The molecule has 0 aliphatic carbocycles. The molecule has 0 amide bonds. The molecule has 4 heteroatoms. The summed E-state index contributed by atoms with van der Waals surface area (Å²) in [7, 11) is 1.63. The number of benzene rings is 2. The summed E-state index contributed by atoms with van der Waals surface area (Å²) in [4.78, 5) is 14.7. The summed E-state index contributed by atoms with van der Waals surface area (Å²) in [6.07, 6.45) is 1.50. The predicted octanol–water partition coefficient (Wildman–Crippen LogP) is 3.71. The summed E-state index contributed by atoms with van der Waals surface area (Å²) in [5.74, 6) is 2.47. The lowest BCUT2D eigenvalue weighted by Crippen LogP contribution is -2.38. The van der Waals surface area contributed by atoms with Crippen LogP contribution in [0.5, 0.6) is 17.2 Å². The third-order valence-corrected chi connectivity index (χ3v) is 4.35. The molecule has 1 atom stereocenters. The number of piperidine rings is 1. The van der Waals surface area contributed by atoms with Crippen LogP contribution >= 0.6 is 0 Å². The van der Waals surface area contributed by atoms with Gasteiger partial charge in [0.25, 0.3) is 0 Å². The molecule has 1 fully saturated rings. The van der Waals surface area contributed by atoms with Crippen molar-refractivity contribution in [1.29, 1.82) is 0 Å². The van der Waals surface area contributed by atoms with E-state index in [1.54, 1.807) is 7.11 Å². The van der Waals surface area contributed by atoms with Gasteiger partial charge in [0.05, 0.1) is 12.8 Å². The highest BCUT2D eigenvalue weighted by Gasteiger charge is 2.36. The number of hydrogen-bond donors (Lipinski definition) is 0. The van der Waals surface area contributed by atoms with E-state index in [0.29, 0.717) is 12.2 Å². The number of nitrogens with zero attached hydrogens (tertiary/aromatic N) is 1. The molecule has 2 aliphatic rings. The van der Waals surface area contributed by atoms with Gasteiger partial charge in [-0.05, 0) is 30.7 Å². The zero-order valence-electron chi connectivity index (χ0n) is 12.4. The minimum Gasteiger partial charge on any atom is -0.497 e. The highest BCUT2D eigenvalue weighted by molar-refractivity contribution is 5.91. The molecule has 0 N–H and O–H groups in total. The van der Waals surface area contributed by atoms with Gasteiger partial charge in [-0.25, -0.2) is 0 Å². The third-order valence-electron chi connectivity index (χ3n) is 4.35. The highest BCUT2D eigenvalue weighted by Crippen LogP contribution is 2.47. The predicted molar refractivity (Wildman–Crippen MR) is 83.8 cm³/mol. The van der Waals surface area contributed by atoms with E-state index < -0.39 is 0 Å². The van der Waals surface area contributed by atoms with Gasteiger partial charge in [0.1, 0.15) is 17.5 Å². The molecule has 0 aromatic heterocycles. The Hall–Kier alpha value is -2.49. The summed E-state index contributed by atoms with van der Waals surface area (Å²) >= 11 is 0. The van der Waals surface area contributed by atoms with Gasteiger partial charge in [0, 0.05) is 24.6 Å². The Morgan fingerprint density at radius 1 is 1.18 bits per heavy atom. The molecule has 2 aromatic rings. The van der Waals surface area contributed by atoms with Crippen molar-refractivity contribution in [1.82, 2.24) is 0 Å². The van der Waals surface area contributed by atoms with Crippen LogP contribution in [-0.2, 0) is 4.79 Å². The van der Waals surface area contributed by atoms with Gasteiger partial charge in [-0.3, -0.25) is 4.79 Å². The number of carbonyl (C=O) groups is 1. The van der Waals surface area contributed by atoms with E-state index in [1.165, 1.54) is 0 Å². The van der Waals surface area contributed by atoms with Crippen molar-refractivity contribution in [3.8, 4) is 17.2 Å². The van der Waals surface area contributed by atoms with Crippen molar-refractivity contribution in [2.45, 2.75) is 18.9 Å². The zero-order chi connectivity index (χ0) is 15.1. The van der Waals surface area contributed by atoms with Crippen LogP contribution in [0.2, 0.25) is 0 Å². The van der Waals surface area contributed by atoms with E-state index in [-0.39, 0.29) is 11.8 Å². The normalized spacial score (nSPS) is 19.4. The van der Waals surface area contributed by atoms with Gasteiger partial charge in [-0.1, -0.05) is 12.1 Å². The van der Waals surface area contributed by atoms with Crippen LogP contribution in [0.25, 0.3) is 0 Å². The van der Waals surface area contributed by atoms with Gasteiger partial charge in [0.2, 0.25) is 0 Å². The molecule has 0 bridgehead atoms. The maximum Gasteiger partial charge on any atom is 0.160 e. The molecule has 4 nitrogen and oxygen atoms in total. The molecule has 112 valence electrons. The largest absolute Gasteiger partial charge is 0.497 e. The van der Waals surface area contributed by atoms with Crippen molar-refractivity contribution in [2.24, 2.45) is 0 Å². The lowest BCUT2D eigenvalue weighted by Gasteiger charge is -2.35. The molecule has 2 aromatic carbocycles. The van der Waals surface area contributed by atoms with Crippen molar-refractivity contribution < 1.29 is 14.3 Å². The standard InChI is InChI=1S/C18H17NO3/c1-21-12-8-9-13-17(11-12)22-16-7-3-2-5-14(16)19-10-4-6-15(20)18(13)19/h2-3,5,7-9,11,18H,4,6,10H2,1H3. The van der Waals surface area contributed by atoms with Crippen molar-refractivity contribution in [3.63, 3.8) is 0 Å². The number of Topliss-reactive ketones (excluding diaryl/α,β-unsaturated/α-hetero) is 1. The maximum absolute atomic E-state index is 12.6. The molecule has 0 radical (unpaired) electrons. The van der Waals surface area contributed by atoms with Gasteiger partial charge >= 0.3 is 0 Å². The maximum atomic E-state index is 12.6. The highest BCUT2D eigenvalue weighted by atomic mass is 16.5. The number of anilines is 1. The summed E-state index contributed by atoms with van der Waals surface area (Å²) < 4.78 is 11.4. The number of para-hydroxylation sites is 2. The summed E-state index contributed by atoms with van der Waals surface area (Å²) in [5.41, 5.74) is 1.90. The first-order valence-electron chi connectivity index (χ1n) is 7.52. The average molecular weight is 295 g/mol. The second kappa shape index (κ2) is 5.05. The molecule has 1 unspecified atom stereocenters. The second-order valence-corrected chi connectivity index (χ2v) is 5.64. The van der Waals surface area contributed by atoms with Crippen LogP contribution in [0.1, 0.15) is 24.4 Å². The number of ketones is 1. The van der Waals surface area contributed by atoms with Crippen molar-refractivity contribution >= 4 is 11.5 Å². The smallest absolute Gasteiger partial charge is 0.160 e. The number of ether oxygens (including phenoxy) is 2. The molecule has 2 heterocycles. The van der Waals surface area contributed by atoms with E-state index in [9.17, 15) is 4.79 Å². The molecule has 2 aliphatic heterocycles. The van der Waals surface area contributed by atoms with Crippen LogP contribution in [-0.4, -0.2) is 19.4 Å². The third kappa shape index (κ3) is 1.95. The minimum atomic E-state index is -0.265. The monoisotopic (exact) mass is 295 g/mol. The molecular weight excluding hydrogens is 278 g/mol. The van der Waals surface area contributed by atoms with Crippen LogP contribution in [0.4, 0.5) is 5.69 Å². The first-order chi connectivity index (χ1) is 10.8. The lowest BCUT2D eigenvalue weighted by molar-refractivity contribution is -0.121. The van der Waals surface area contributed by atoms with Gasteiger partial charge in [-0.15, -0.1) is 0 Å². The van der Waals surface area contributed by atoms with E-state index in [1.807, 2.05) is 42.5 Å². The molecule has 22 heavy (non-hydrogen) atoms. The zero-order valence-corrected chi connectivity index (χ0v) is 12.4. The SMILES string of the molecule is COc1ccc2c(c1)Oc1ccccc1N1CCCC(=O)C21. The Labute approximate surface area is 129 Å². The fourth-order valence-corrected chi connectivity index (χ4v) is 3.32. The summed E-state index contributed by atoms with van der Waals surface area (Å²) in [6.45, 7) is 0.863. The van der Waals surface area contributed by atoms with E-state index in [2.05, 4.69) is 4.90 Å². The number of rotatable bonds is 1. The van der Waals surface area contributed by atoms with Crippen molar-refractivity contribution in [3.05, 3.63) is 48.0 Å². The number of carbonyl (C=O) groups excluding carboxylic acids is 1. The minimum absolute atomic E-state index is 0.248. The number of methoxy groups -OCH3 is 1. The van der Waals surface area contributed by atoms with E-state index in [0.717, 1.165) is 35.7 Å². The summed E-state index contributed by atoms with van der Waals surface area (Å²) in [6, 6.07) is 13.3. The quantitative estimate of drug-likeness (QED) is 0.804. The number of hydrogen-bond acceptors (Lipinski definition) is 4. The fraction of sp³-hybridized carbons (Fsp3) is 0.278. The molecule has 4 rings (SSSR count). The van der Waals surface area contributed by atoms with Crippen LogP contribution < -0.4 is 14.4 Å². The molecule has 0 saturated carbocycles. The van der Waals surface area contributed by atoms with Crippen molar-refractivity contribution in [2.75, 3.05) is 18.6 Å². The first kappa shape index (κ1) is 13.2. The Balaban J connectivity index is 1.94. The van der Waals surface area contributed by atoms with Crippen LogP contribution in [0.3, 0.4) is 0 Å². The van der Waals surface area contributed by atoms with E-state index in [4.69, 9.17) is 9.47 Å². The number of fused-ring (bicyclic) bond motifs is 5. The second-order valence-electron chi connectivity index (χ2n) is 5.64. The lowest BCUT2D eigenvalue weighted by atomic mass is 9.93. The van der Waals surface area contributed by atoms with Crippen LogP contribution in [0, 0.1) is 0 Å². The Morgan fingerprint density at radius 3 is 2.91 bits per heavy atom. The fourth-order valence-electron chi connectivity index (χ4n) is 3.32. The van der Waals surface area contributed by atoms with E-state index >= 15 is 0 Å². The summed E-state index contributed by atoms with van der Waals surface area (Å²) in [5, 5.41) is 0. The Kier molecular flexibility index (Phi) is 3.03. The molecule has 1 saturated heterocycles. The topological polar surface area (TPSA) is 38.8 Å². The Morgan fingerprint density at radius 2 is 2.05 bits per heavy atom. The molecule has 0 spiro atoms. The van der Waals surface area contributed by atoms with Crippen LogP contribution in [0.15, 0.2) is 42.5 Å². The van der Waals surface area contributed by atoms with Gasteiger partial charge in [-0.2, -0.15) is 0 Å². The average Bonchev–Trinajstić information content (AvgIpc) is 2.69.